The van der Waals surface area contributed by atoms with E-state index < -0.39 is 12.0 Å². The molecular formula is C16H22N2O5. The molecule has 0 bridgehead atoms. The molecule has 1 aliphatic rings. The standard InChI is InChI=1S/C16H22N2O5/c1-22-12-6-4-11(5-7-12)18-15(19)9-14(16(20)21)17-10-13-3-2-8-23-13/h4-7,13-14,17H,2-3,8-10H2,1H3,(H,18,19)(H,20,21)/t13-,14-/m1/s1. The second kappa shape index (κ2) is 8.50. The van der Waals surface area contributed by atoms with Crippen molar-refractivity contribution in [3.05, 3.63) is 24.3 Å². The molecule has 7 heteroatoms. The number of quaternary nitrogens is 1. The van der Waals surface area contributed by atoms with Gasteiger partial charge in [-0.15, -0.1) is 0 Å². The Labute approximate surface area is 135 Å². The van der Waals surface area contributed by atoms with Crippen LogP contribution in [-0.2, 0) is 14.3 Å². The molecule has 1 aromatic carbocycles. The number of benzene rings is 1. The maximum absolute atomic E-state index is 12.0. The number of nitrogens with two attached hydrogens (primary N) is 1. The van der Waals surface area contributed by atoms with Gasteiger partial charge in [-0.3, -0.25) is 4.79 Å². The van der Waals surface area contributed by atoms with E-state index in [0.717, 1.165) is 12.8 Å². The number of ether oxygens (including phenoxy) is 2. The Hall–Kier alpha value is -2.12. The van der Waals surface area contributed by atoms with Gasteiger partial charge in [0.15, 0.2) is 0 Å². The predicted molar refractivity (Wildman–Crippen MR) is 80.8 cm³/mol. The summed E-state index contributed by atoms with van der Waals surface area (Å²) in [5.41, 5.74) is 0.590. The van der Waals surface area contributed by atoms with Crippen LogP contribution >= 0.6 is 0 Å². The molecule has 1 fully saturated rings. The largest absolute Gasteiger partial charge is 0.544 e. The number of anilines is 1. The lowest BCUT2D eigenvalue weighted by molar-refractivity contribution is -0.687. The number of hydrogen-bond donors (Lipinski definition) is 2. The van der Waals surface area contributed by atoms with Gasteiger partial charge in [-0.05, 0) is 37.1 Å². The molecule has 1 aromatic rings. The zero-order valence-electron chi connectivity index (χ0n) is 13.1. The van der Waals surface area contributed by atoms with Crippen LogP contribution in [0.1, 0.15) is 19.3 Å². The molecule has 1 heterocycles. The van der Waals surface area contributed by atoms with Gasteiger partial charge < -0.3 is 30.0 Å². The number of methoxy groups -OCH3 is 1. The van der Waals surface area contributed by atoms with Gasteiger partial charge in [-0.2, -0.15) is 0 Å². The van der Waals surface area contributed by atoms with Gasteiger partial charge in [0.1, 0.15) is 24.4 Å². The Morgan fingerprint density at radius 3 is 2.74 bits per heavy atom. The predicted octanol–water partition coefficient (Wildman–Crippen LogP) is -1.12. The fourth-order valence-corrected chi connectivity index (χ4v) is 2.50. The van der Waals surface area contributed by atoms with Crippen LogP contribution in [0.15, 0.2) is 24.3 Å². The first-order chi connectivity index (χ1) is 11.1. The molecule has 2 rings (SSSR count). The number of rotatable bonds is 8. The Morgan fingerprint density at radius 2 is 2.17 bits per heavy atom. The maximum atomic E-state index is 12.0. The number of carboxylic acids is 1. The van der Waals surface area contributed by atoms with Gasteiger partial charge in [0.05, 0.1) is 19.5 Å². The van der Waals surface area contributed by atoms with Gasteiger partial charge in [0, 0.05) is 12.3 Å². The summed E-state index contributed by atoms with van der Waals surface area (Å²) >= 11 is 0. The summed E-state index contributed by atoms with van der Waals surface area (Å²) in [6, 6.07) is 5.91. The molecule has 0 aliphatic carbocycles. The van der Waals surface area contributed by atoms with Crippen LogP contribution in [0.3, 0.4) is 0 Å². The van der Waals surface area contributed by atoms with Crippen molar-refractivity contribution in [1.82, 2.24) is 0 Å². The number of amides is 1. The van der Waals surface area contributed by atoms with Crippen LogP contribution in [0.5, 0.6) is 5.75 Å². The van der Waals surface area contributed by atoms with E-state index in [4.69, 9.17) is 9.47 Å². The Kier molecular flexibility index (Phi) is 6.37. The summed E-state index contributed by atoms with van der Waals surface area (Å²) in [5.74, 6) is -0.929. The number of carbonyl (C=O) groups is 2. The SMILES string of the molecule is COc1ccc(NC(=O)C[C@@H]([NH2+]C[C@H]2CCCO2)C(=O)[O-])cc1. The molecule has 126 valence electrons. The third kappa shape index (κ3) is 5.54. The molecule has 1 saturated heterocycles. The summed E-state index contributed by atoms with van der Waals surface area (Å²) < 4.78 is 10.5. The van der Waals surface area contributed by atoms with Crippen molar-refractivity contribution in [2.24, 2.45) is 0 Å². The Balaban J connectivity index is 1.82. The monoisotopic (exact) mass is 322 g/mol. The van der Waals surface area contributed by atoms with Crippen molar-refractivity contribution in [1.29, 1.82) is 0 Å². The first kappa shape index (κ1) is 17.2. The lowest BCUT2D eigenvalue weighted by Gasteiger charge is -2.18. The van der Waals surface area contributed by atoms with Crippen LogP contribution in [0, 0.1) is 0 Å². The first-order valence-electron chi connectivity index (χ1n) is 7.68. The van der Waals surface area contributed by atoms with Crippen molar-refractivity contribution in [3.63, 3.8) is 0 Å². The number of hydrogen-bond acceptors (Lipinski definition) is 5. The van der Waals surface area contributed by atoms with Gasteiger partial charge in [0.2, 0.25) is 5.91 Å². The molecule has 0 unspecified atom stereocenters. The van der Waals surface area contributed by atoms with E-state index in [0.29, 0.717) is 24.6 Å². The summed E-state index contributed by atoms with van der Waals surface area (Å²) in [4.78, 5) is 23.2. The highest BCUT2D eigenvalue weighted by Gasteiger charge is 2.23. The highest BCUT2D eigenvalue weighted by atomic mass is 16.5. The van der Waals surface area contributed by atoms with E-state index in [2.05, 4.69) is 5.32 Å². The number of carbonyl (C=O) groups excluding carboxylic acids is 2. The molecule has 0 saturated carbocycles. The van der Waals surface area contributed by atoms with Crippen molar-refractivity contribution in [2.75, 3.05) is 25.6 Å². The van der Waals surface area contributed by atoms with Crippen LogP contribution in [0.4, 0.5) is 5.69 Å². The van der Waals surface area contributed by atoms with E-state index >= 15 is 0 Å². The van der Waals surface area contributed by atoms with Gasteiger partial charge >= 0.3 is 0 Å². The normalized spacial score (nSPS) is 18.4. The van der Waals surface area contributed by atoms with E-state index in [9.17, 15) is 14.7 Å². The average molecular weight is 322 g/mol. The summed E-state index contributed by atoms with van der Waals surface area (Å²) in [7, 11) is 1.56. The third-order valence-electron chi connectivity index (χ3n) is 3.79. The van der Waals surface area contributed by atoms with Crippen molar-refractivity contribution >= 4 is 17.6 Å². The second-order valence-electron chi connectivity index (χ2n) is 5.51. The number of nitrogens with one attached hydrogen (secondary N) is 1. The minimum absolute atomic E-state index is 0.0569. The lowest BCUT2D eigenvalue weighted by atomic mass is 10.1. The van der Waals surface area contributed by atoms with Crippen LogP contribution in [0.2, 0.25) is 0 Å². The third-order valence-corrected chi connectivity index (χ3v) is 3.79. The number of carboxylic acid groups (broad SMARTS) is 1. The molecule has 2 atom stereocenters. The Morgan fingerprint density at radius 1 is 1.43 bits per heavy atom. The second-order valence-corrected chi connectivity index (χ2v) is 5.51. The minimum Gasteiger partial charge on any atom is -0.544 e. The number of aliphatic carboxylic acids is 1. The molecule has 1 amide bonds. The molecule has 0 spiro atoms. The lowest BCUT2D eigenvalue weighted by Crippen LogP contribution is -2.94. The molecule has 7 nitrogen and oxygen atoms in total. The highest BCUT2D eigenvalue weighted by Crippen LogP contribution is 2.15. The van der Waals surface area contributed by atoms with Gasteiger partial charge in [-0.1, -0.05) is 0 Å². The summed E-state index contributed by atoms with van der Waals surface area (Å²) in [6.07, 6.45) is 1.82. The molecule has 23 heavy (non-hydrogen) atoms. The van der Waals surface area contributed by atoms with Crippen LogP contribution in [0.25, 0.3) is 0 Å². The fourth-order valence-electron chi connectivity index (χ4n) is 2.50. The van der Waals surface area contributed by atoms with E-state index in [-0.39, 0.29) is 18.4 Å². The van der Waals surface area contributed by atoms with Gasteiger partial charge in [-0.25, -0.2) is 0 Å². The summed E-state index contributed by atoms with van der Waals surface area (Å²) in [5, 5.41) is 15.5. The van der Waals surface area contributed by atoms with Crippen LogP contribution in [-0.4, -0.2) is 44.3 Å². The summed E-state index contributed by atoms with van der Waals surface area (Å²) in [6.45, 7) is 1.24. The highest BCUT2D eigenvalue weighted by molar-refractivity contribution is 5.93. The van der Waals surface area contributed by atoms with E-state index in [1.807, 2.05) is 0 Å². The zero-order valence-corrected chi connectivity index (χ0v) is 13.1. The quantitative estimate of drug-likeness (QED) is 0.631. The van der Waals surface area contributed by atoms with Crippen LogP contribution < -0.4 is 20.5 Å². The maximum Gasteiger partial charge on any atom is 0.230 e. The van der Waals surface area contributed by atoms with Gasteiger partial charge in [0.25, 0.3) is 0 Å². The molecular weight excluding hydrogens is 300 g/mol. The average Bonchev–Trinajstić information content (AvgIpc) is 3.05. The van der Waals surface area contributed by atoms with Crippen molar-refractivity contribution in [3.8, 4) is 5.75 Å². The molecule has 3 N–H and O–H groups in total. The first-order valence-corrected chi connectivity index (χ1v) is 7.68. The smallest absolute Gasteiger partial charge is 0.230 e. The topological polar surface area (TPSA) is 104 Å². The fraction of sp³-hybridized carbons (Fsp3) is 0.500. The zero-order chi connectivity index (χ0) is 16.7. The van der Waals surface area contributed by atoms with E-state index in [1.165, 1.54) is 0 Å². The molecule has 0 aromatic heterocycles. The Bertz CT molecular complexity index is 526. The van der Waals surface area contributed by atoms with E-state index in [1.54, 1.807) is 36.7 Å². The molecule has 1 aliphatic heterocycles. The van der Waals surface area contributed by atoms with Crippen molar-refractivity contribution in [2.45, 2.75) is 31.4 Å². The van der Waals surface area contributed by atoms with Crippen molar-refractivity contribution < 1.29 is 29.5 Å². The minimum atomic E-state index is -1.24. The molecule has 0 radical (unpaired) electrons.